The smallest absolute Gasteiger partial charge is 0.359 e. The van der Waals surface area contributed by atoms with Gasteiger partial charge in [0.05, 0.1) is 0 Å². The van der Waals surface area contributed by atoms with Gasteiger partial charge in [0.1, 0.15) is 10.6 Å². The molecule has 1 fully saturated rings. The Morgan fingerprint density at radius 1 is 1.19 bits per heavy atom. The van der Waals surface area contributed by atoms with Gasteiger partial charge in [-0.15, -0.1) is 11.3 Å². The molecule has 0 bridgehead atoms. The van der Waals surface area contributed by atoms with Gasteiger partial charge >= 0.3 is 12.0 Å². The topological polar surface area (TPSA) is 80.6 Å². The molecule has 1 aliphatic rings. The van der Waals surface area contributed by atoms with Gasteiger partial charge in [0.25, 0.3) is 0 Å². The van der Waals surface area contributed by atoms with Gasteiger partial charge in [-0.1, -0.05) is 17.7 Å². The van der Waals surface area contributed by atoms with Crippen molar-refractivity contribution in [1.82, 2.24) is 24.6 Å². The van der Waals surface area contributed by atoms with Crippen molar-refractivity contribution in [3.63, 3.8) is 0 Å². The molecule has 36 heavy (non-hydrogen) atoms. The minimum absolute atomic E-state index is 0.0480. The molecule has 1 saturated heterocycles. The SMILES string of the molecule is Cc1ccc(CN(C)C2(C)CCN(C(=O)n3ccc(C(=O)OC(C)(C)C)n3)CC2)c(-c2nccs2)c1. The van der Waals surface area contributed by atoms with Gasteiger partial charge in [0.2, 0.25) is 0 Å². The number of thiazole rings is 1. The molecule has 3 aromatic rings. The Labute approximate surface area is 216 Å². The molecule has 0 saturated carbocycles. The summed E-state index contributed by atoms with van der Waals surface area (Å²) < 4.78 is 6.59. The zero-order chi connectivity index (χ0) is 26.1. The van der Waals surface area contributed by atoms with Crippen LogP contribution in [0.3, 0.4) is 0 Å². The predicted molar refractivity (Wildman–Crippen MR) is 141 cm³/mol. The van der Waals surface area contributed by atoms with Gasteiger partial charge in [0, 0.05) is 48.5 Å². The third-order valence-electron chi connectivity index (χ3n) is 6.76. The highest BCUT2D eigenvalue weighted by atomic mass is 32.1. The number of amides is 1. The molecule has 4 rings (SSSR count). The van der Waals surface area contributed by atoms with Crippen molar-refractivity contribution in [2.45, 2.75) is 65.1 Å². The minimum atomic E-state index is -0.617. The van der Waals surface area contributed by atoms with Crippen LogP contribution in [0.15, 0.2) is 42.0 Å². The van der Waals surface area contributed by atoms with Crippen molar-refractivity contribution < 1.29 is 14.3 Å². The first-order valence-electron chi connectivity index (χ1n) is 12.2. The molecule has 0 radical (unpaired) electrons. The van der Waals surface area contributed by atoms with E-state index in [1.165, 1.54) is 33.6 Å². The number of esters is 1. The number of rotatable bonds is 5. The number of carbonyl (C=O) groups excluding carboxylic acids is 2. The molecule has 0 aliphatic carbocycles. The van der Waals surface area contributed by atoms with Gasteiger partial charge < -0.3 is 9.64 Å². The van der Waals surface area contributed by atoms with Crippen molar-refractivity contribution in [3.8, 4) is 10.6 Å². The number of ether oxygens (including phenoxy) is 1. The molecule has 0 unspecified atom stereocenters. The summed E-state index contributed by atoms with van der Waals surface area (Å²) in [4.78, 5) is 34.1. The summed E-state index contributed by atoms with van der Waals surface area (Å²) in [6.45, 7) is 11.8. The summed E-state index contributed by atoms with van der Waals surface area (Å²) in [5.74, 6) is -0.532. The Hall–Kier alpha value is -3.04. The van der Waals surface area contributed by atoms with E-state index in [2.05, 4.69) is 54.1 Å². The molecule has 1 aliphatic heterocycles. The molecule has 1 amide bonds. The summed E-state index contributed by atoms with van der Waals surface area (Å²) in [6, 6.07) is 7.86. The van der Waals surface area contributed by atoms with Crippen LogP contribution in [-0.4, -0.2) is 67.8 Å². The quantitative estimate of drug-likeness (QED) is 0.439. The highest BCUT2D eigenvalue weighted by Gasteiger charge is 2.36. The first kappa shape index (κ1) is 26.0. The Morgan fingerprint density at radius 2 is 1.92 bits per heavy atom. The van der Waals surface area contributed by atoms with Crippen LogP contribution in [0.1, 0.15) is 62.2 Å². The third-order valence-corrected chi connectivity index (χ3v) is 7.57. The van der Waals surface area contributed by atoms with Gasteiger partial charge in [0.15, 0.2) is 5.69 Å². The molecule has 0 atom stereocenters. The maximum atomic E-state index is 13.1. The predicted octanol–water partition coefficient (Wildman–Crippen LogP) is 5.22. The molecule has 8 nitrogen and oxygen atoms in total. The average molecular weight is 510 g/mol. The first-order chi connectivity index (χ1) is 16.9. The van der Waals surface area contributed by atoms with E-state index in [1.54, 1.807) is 37.0 Å². The summed E-state index contributed by atoms with van der Waals surface area (Å²) in [7, 11) is 2.16. The highest BCUT2D eigenvalue weighted by Crippen LogP contribution is 2.32. The molecule has 2 aromatic heterocycles. The second kappa shape index (κ2) is 10.1. The lowest BCUT2D eigenvalue weighted by atomic mass is 9.87. The van der Waals surface area contributed by atoms with Crippen molar-refractivity contribution in [3.05, 3.63) is 58.9 Å². The van der Waals surface area contributed by atoms with Crippen molar-refractivity contribution in [2.75, 3.05) is 20.1 Å². The maximum absolute atomic E-state index is 13.1. The fourth-order valence-corrected chi connectivity index (χ4v) is 5.10. The molecule has 1 aromatic carbocycles. The van der Waals surface area contributed by atoms with E-state index in [4.69, 9.17) is 4.74 Å². The van der Waals surface area contributed by atoms with E-state index in [-0.39, 0.29) is 17.3 Å². The summed E-state index contributed by atoms with van der Waals surface area (Å²) >= 11 is 1.66. The van der Waals surface area contributed by atoms with Crippen LogP contribution in [0, 0.1) is 6.92 Å². The van der Waals surface area contributed by atoms with E-state index in [9.17, 15) is 9.59 Å². The number of nitrogens with zero attached hydrogens (tertiary/aromatic N) is 5. The van der Waals surface area contributed by atoms with Gasteiger partial charge in [-0.05, 0) is 72.2 Å². The third kappa shape index (κ3) is 5.84. The van der Waals surface area contributed by atoms with E-state index < -0.39 is 11.6 Å². The van der Waals surface area contributed by atoms with Crippen molar-refractivity contribution >= 4 is 23.3 Å². The zero-order valence-corrected chi connectivity index (χ0v) is 22.8. The number of carbonyl (C=O) groups is 2. The number of aryl methyl sites for hydroxylation is 1. The van der Waals surface area contributed by atoms with Crippen LogP contribution in [0.25, 0.3) is 10.6 Å². The largest absolute Gasteiger partial charge is 0.455 e. The molecule has 3 heterocycles. The molecule has 9 heteroatoms. The summed E-state index contributed by atoms with van der Waals surface area (Å²) in [5.41, 5.74) is 3.13. The molecule has 0 N–H and O–H groups in total. The molecule has 192 valence electrons. The van der Waals surface area contributed by atoms with Crippen LogP contribution in [0.2, 0.25) is 0 Å². The average Bonchev–Trinajstić information content (AvgIpc) is 3.52. The first-order valence-corrected chi connectivity index (χ1v) is 13.1. The number of aromatic nitrogens is 3. The minimum Gasteiger partial charge on any atom is -0.455 e. The van der Waals surface area contributed by atoms with Crippen molar-refractivity contribution in [1.29, 1.82) is 0 Å². The lowest BCUT2D eigenvalue weighted by molar-refractivity contribution is 0.00623. The van der Waals surface area contributed by atoms with Gasteiger partial charge in [-0.3, -0.25) is 4.90 Å². The number of hydrogen-bond donors (Lipinski definition) is 0. The molecular formula is C27H35N5O3S. The van der Waals surface area contributed by atoms with Crippen LogP contribution in [-0.2, 0) is 11.3 Å². The Bertz CT molecular complexity index is 1220. The second-order valence-electron chi connectivity index (χ2n) is 10.8. The molecule has 0 spiro atoms. The number of hydrogen-bond acceptors (Lipinski definition) is 7. The van der Waals surface area contributed by atoms with E-state index in [0.717, 1.165) is 24.4 Å². The maximum Gasteiger partial charge on any atom is 0.359 e. The monoisotopic (exact) mass is 509 g/mol. The number of likely N-dealkylation sites (tertiary alicyclic amines) is 1. The number of piperidine rings is 1. The number of benzene rings is 1. The zero-order valence-electron chi connectivity index (χ0n) is 21.9. The van der Waals surface area contributed by atoms with Crippen molar-refractivity contribution in [2.24, 2.45) is 0 Å². The fraction of sp³-hybridized carbons (Fsp3) is 0.481. The van der Waals surface area contributed by atoms with Crippen LogP contribution >= 0.6 is 11.3 Å². The Morgan fingerprint density at radius 3 is 2.56 bits per heavy atom. The standard InChI is InChI=1S/C27H35N5O3S/c1-19-7-8-20(21(17-19)23-28-12-16-36-23)18-30(6)27(5)10-14-31(15-11-27)25(34)32-13-9-22(29-32)24(33)35-26(2,3)4/h7-9,12-13,16-17H,10-11,14-15,18H2,1-6H3. The van der Waals surface area contributed by atoms with E-state index in [0.29, 0.717) is 13.1 Å². The van der Waals surface area contributed by atoms with Gasteiger partial charge in [-0.2, -0.15) is 9.78 Å². The lowest BCUT2D eigenvalue weighted by Crippen LogP contribution is -2.53. The van der Waals surface area contributed by atoms with E-state index in [1.807, 2.05) is 11.6 Å². The van der Waals surface area contributed by atoms with E-state index >= 15 is 0 Å². The van der Waals surface area contributed by atoms with Crippen LogP contribution in [0.5, 0.6) is 0 Å². The fourth-order valence-electron chi connectivity index (χ4n) is 4.41. The normalized spacial score (nSPS) is 15.8. The molecular weight excluding hydrogens is 474 g/mol. The summed E-state index contributed by atoms with van der Waals surface area (Å²) in [5, 5.41) is 7.22. The summed E-state index contributed by atoms with van der Waals surface area (Å²) in [6.07, 6.45) is 5.06. The van der Waals surface area contributed by atoms with Crippen LogP contribution in [0.4, 0.5) is 4.79 Å². The Kier molecular flexibility index (Phi) is 7.33. The van der Waals surface area contributed by atoms with Crippen LogP contribution < -0.4 is 0 Å². The van der Waals surface area contributed by atoms with Gasteiger partial charge in [-0.25, -0.2) is 14.6 Å². The lowest BCUT2D eigenvalue weighted by Gasteiger charge is -2.45. The highest BCUT2D eigenvalue weighted by molar-refractivity contribution is 7.13. The Balaban J connectivity index is 1.39. The second-order valence-corrected chi connectivity index (χ2v) is 11.7.